The van der Waals surface area contributed by atoms with Crippen molar-refractivity contribution in [2.45, 2.75) is 64.7 Å². The molecule has 1 atom stereocenters. The zero-order valence-electron chi connectivity index (χ0n) is 14.7. The molecule has 0 aliphatic rings. The number of esters is 1. The van der Waals surface area contributed by atoms with Crippen molar-refractivity contribution in [2.75, 3.05) is 0 Å². The topological polar surface area (TPSA) is 56.3 Å². The first-order chi connectivity index (χ1) is 11.7. The Bertz CT molecular complexity index is 499. The Hall–Kier alpha value is -1.97. The van der Waals surface area contributed by atoms with Gasteiger partial charge in [-0.1, -0.05) is 64.9 Å². The average Bonchev–Trinajstić information content (AvgIpc) is 2.61. The minimum atomic E-state index is -0.771. The first-order valence-corrected chi connectivity index (χ1v) is 8.96. The van der Waals surface area contributed by atoms with Gasteiger partial charge >= 0.3 is 5.97 Å². The van der Waals surface area contributed by atoms with Crippen molar-refractivity contribution in [3.8, 4) is 0 Å². The zero-order chi connectivity index (χ0) is 17.6. The average molecular weight is 331 g/mol. The van der Waals surface area contributed by atoms with Crippen molar-refractivity contribution in [1.29, 1.82) is 0 Å². The van der Waals surface area contributed by atoms with Crippen LogP contribution in [-0.4, -0.2) is 16.7 Å². The number of pyridine rings is 1. The van der Waals surface area contributed by atoms with Crippen LogP contribution in [0.1, 0.15) is 75.1 Å². The summed E-state index contributed by atoms with van der Waals surface area (Å²) in [6.07, 6.45) is 14.0. The number of rotatable bonds is 13. The highest BCUT2D eigenvalue weighted by Crippen LogP contribution is 2.19. The van der Waals surface area contributed by atoms with Crippen LogP contribution in [0.4, 0.5) is 0 Å². The predicted molar refractivity (Wildman–Crippen MR) is 95.6 cm³/mol. The van der Waals surface area contributed by atoms with E-state index in [-0.39, 0.29) is 5.78 Å². The SMILES string of the molecule is C=COC(=O)C(CCCCCCCCCC)C(=O)c1cccnc1. The molecular formula is C20H29NO3. The molecule has 132 valence electrons. The fourth-order valence-corrected chi connectivity index (χ4v) is 2.71. The summed E-state index contributed by atoms with van der Waals surface area (Å²) in [5.41, 5.74) is 0.447. The molecule has 4 heteroatoms. The third-order valence-corrected chi connectivity index (χ3v) is 4.09. The van der Waals surface area contributed by atoms with Crippen LogP contribution in [0.5, 0.6) is 0 Å². The van der Waals surface area contributed by atoms with Crippen LogP contribution < -0.4 is 0 Å². The molecule has 1 unspecified atom stereocenters. The molecule has 0 radical (unpaired) electrons. The van der Waals surface area contributed by atoms with E-state index in [1.807, 2.05) is 0 Å². The van der Waals surface area contributed by atoms with Gasteiger partial charge in [-0.15, -0.1) is 0 Å². The summed E-state index contributed by atoms with van der Waals surface area (Å²) in [6, 6.07) is 3.37. The summed E-state index contributed by atoms with van der Waals surface area (Å²) >= 11 is 0. The molecule has 1 rings (SSSR count). The zero-order valence-corrected chi connectivity index (χ0v) is 14.7. The fraction of sp³-hybridized carbons (Fsp3) is 0.550. The van der Waals surface area contributed by atoms with E-state index in [2.05, 4.69) is 18.5 Å². The molecule has 1 aromatic heterocycles. The first-order valence-electron chi connectivity index (χ1n) is 8.96. The van der Waals surface area contributed by atoms with Crippen LogP contribution in [0.2, 0.25) is 0 Å². The fourth-order valence-electron chi connectivity index (χ4n) is 2.71. The molecule has 0 fully saturated rings. The molecule has 0 saturated carbocycles. The number of carbonyl (C=O) groups is 2. The number of nitrogens with zero attached hydrogens (tertiary/aromatic N) is 1. The standard InChI is InChI=1S/C20H29NO3/c1-3-5-6-7-8-9-10-11-14-18(20(23)24-4-2)19(22)17-13-12-15-21-16-17/h4,12-13,15-16,18H,2-3,5-11,14H2,1H3. The van der Waals surface area contributed by atoms with E-state index in [1.54, 1.807) is 18.3 Å². The van der Waals surface area contributed by atoms with Crippen molar-refractivity contribution in [3.63, 3.8) is 0 Å². The molecular weight excluding hydrogens is 302 g/mol. The molecule has 0 aromatic carbocycles. The normalized spacial score (nSPS) is 11.7. The summed E-state index contributed by atoms with van der Waals surface area (Å²) in [5, 5.41) is 0. The number of ketones is 1. The Balaban J connectivity index is 2.44. The summed E-state index contributed by atoms with van der Waals surface area (Å²) in [4.78, 5) is 28.5. The number of unbranched alkanes of at least 4 members (excludes halogenated alkanes) is 7. The van der Waals surface area contributed by atoms with Crippen LogP contribution in [0.15, 0.2) is 37.4 Å². The first kappa shape index (κ1) is 20.1. The highest BCUT2D eigenvalue weighted by atomic mass is 16.5. The van der Waals surface area contributed by atoms with Gasteiger partial charge in [-0.2, -0.15) is 0 Å². The van der Waals surface area contributed by atoms with E-state index in [4.69, 9.17) is 4.74 Å². The van der Waals surface area contributed by atoms with Crippen LogP contribution in [0, 0.1) is 5.92 Å². The van der Waals surface area contributed by atoms with Crippen LogP contribution in [-0.2, 0) is 9.53 Å². The molecule has 0 spiro atoms. The highest BCUT2D eigenvalue weighted by molar-refractivity contribution is 6.08. The molecule has 0 N–H and O–H groups in total. The van der Waals surface area contributed by atoms with Crippen molar-refractivity contribution in [3.05, 3.63) is 42.9 Å². The quantitative estimate of drug-likeness (QED) is 0.166. The van der Waals surface area contributed by atoms with Gasteiger partial charge in [0.05, 0.1) is 6.26 Å². The third kappa shape index (κ3) is 7.53. The van der Waals surface area contributed by atoms with E-state index in [0.29, 0.717) is 12.0 Å². The molecule has 0 aliphatic carbocycles. The molecule has 0 saturated heterocycles. The Morgan fingerprint density at radius 2 is 1.83 bits per heavy atom. The Kier molecular flexibility index (Phi) is 10.4. The second kappa shape index (κ2) is 12.5. The number of carbonyl (C=O) groups excluding carboxylic acids is 2. The van der Waals surface area contributed by atoms with E-state index in [1.165, 1.54) is 38.3 Å². The lowest BCUT2D eigenvalue weighted by atomic mass is 9.92. The largest absolute Gasteiger partial charge is 0.435 e. The van der Waals surface area contributed by atoms with E-state index in [0.717, 1.165) is 25.5 Å². The Morgan fingerprint density at radius 1 is 1.17 bits per heavy atom. The van der Waals surface area contributed by atoms with Crippen LogP contribution in [0.3, 0.4) is 0 Å². The lowest BCUT2D eigenvalue weighted by Gasteiger charge is -2.13. The number of hydrogen-bond acceptors (Lipinski definition) is 4. The van der Waals surface area contributed by atoms with Gasteiger partial charge < -0.3 is 4.74 Å². The molecule has 0 bridgehead atoms. The van der Waals surface area contributed by atoms with E-state index < -0.39 is 11.9 Å². The summed E-state index contributed by atoms with van der Waals surface area (Å²) in [6.45, 7) is 5.60. The van der Waals surface area contributed by atoms with Crippen molar-refractivity contribution in [2.24, 2.45) is 5.92 Å². The van der Waals surface area contributed by atoms with Crippen LogP contribution in [0.25, 0.3) is 0 Å². The number of hydrogen-bond donors (Lipinski definition) is 0. The smallest absolute Gasteiger partial charge is 0.321 e. The molecule has 1 heterocycles. The van der Waals surface area contributed by atoms with Gasteiger partial charge in [0.2, 0.25) is 0 Å². The third-order valence-electron chi connectivity index (χ3n) is 4.09. The van der Waals surface area contributed by atoms with Crippen molar-refractivity contribution >= 4 is 11.8 Å². The van der Waals surface area contributed by atoms with Gasteiger partial charge in [-0.3, -0.25) is 14.6 Å². The predicted octanol–water partition coefficient (Wildman–Crippen LogP) is 5.10. The maximum Gasteiger partial charge on any atom is 0.321 e. The molecule has 0 amide bonds. The number of ether oxygens (including phenoxy) is 1. The second-order valence-corrected chi connectivity index (χ2v) is 6.03. The van der Waals surface area contributed by atoms with Crippen molar-refractivity contribution in [1.82, 2.24) is 4.98 Å². The summed E-state index contributed by atoms with van der Waals surface area (Å²) < 4.78 is 4.85. The Morgan fingerprint density at radius 3 is 2.42 bits per heavy atom. The maximum atomic E-state index is 12.5. The number of aromatic nitrogens is 1. The van der Waals surface area contributed by atoms with E-state index in [9.17, 15) is 9.59 Å². The van der Waals surface area contributed by atoms with Gasteiger partial charge in [-0.05, 0) is 18.6 Å². The number of Topliss-reactive ketones (excluding diaryl/α,β-unsaturated/α-hetero) is 1. The lowest BCUT2D eigenvalue weighted by molar-refractivity contribution is -0.141. The van der Waals surface area contributed by atoms with Crippen LogP contribution >= 0.6 is 0 Å². The van der Waals surface area contributed by atoms with Gasteiger partial charge in [0.1, 0.15) is 5.92 Å². The maximum absolute atomic E-state index is 12.5. The van der Waals surface area contributed by atoms with Gasteiger partial charge in [0.15, 0.2) is 5.78 Å². The van der Waals surface area contributed by atoms with Gasteiger partial charge in [0.25, 0.3) is 0 Å². The lowest BCUT2D eigenvalue weighted by Crippen LogP contribution is -2.25. The van der Waals surface area contributed by atoms with E-state index >= 15 is 0 Å². The minimum absolute atomic E-state index is 0.224. The summed E-state index contributed by atoms with van der Waals surface area (Å²) in [5.74, 6) is -1.52. The molecule has 4 nitrogen and oxygen atoms in total. The molecule has 1 aromatic rings. The van der Waals surface area contributed by atoms with Gasteiger partial charge in [0, 0.05) is 18.0 Å². The second-order valence-electron chi connectivity index (χ2n) is 6.03. The Labute approximate surface area is 145 Å². The molecule has 0 aliphatic heterocycles. The van der Waals surface area contributed by atoms with Crippen molar-refractivity contribution < 1.29 is 14.3 Å². The highest BCUT2D eigenvalue weighted by Gasteiger charge is 2.28. The monoisotopic (exact) mass is 331 g/mol. The molecule has 24 heavy (non-hydrogen) atoms. The van der Waals surface area contributed by atoms with Gasteiger partial charge in [-0.25, -0.2) is 0 Å². The summed E-state index contributed by atoms with van der Waals surface area (Å²) in [7, 11) is 0. The minimum Gasteiger partial charge on any atom is -0.435 e.